The number of aliphatic hydroxyl groups excluding tert-OH is 1. The van der Waals surface area contributed by atoms with Crippen LogP contribution >= 0.6 is 0 Å². The van der Waals surface area contributed by atoms with Crippen molar-refractivity contribution < 1.29 is 19.6 Å². The average molecular weight is 254 g/mol. The van der Waals surface area contributed by atoms with Crippen molar-refractivity contribution in [1.29, 1.82) is 0 Å². The highest BCUT2D eigenvalue weighted by Crippen LogP contribution is 2.27. The van der Waals surface area contributed by atoms with E-state index in [9.17, 15) is 14.9 Å². The number of carbonyl (C=O) groups excluding carboxylic acids is 1. The van der Waals surface area contributed by atoms with Crippen LogP contribution in [0.15, 0.2) is 18.2 Å². The number of hydrogen-bond acceptors (Lipinski definition) is 5. The number of aliphatic hydroxyl groups is 1. The van der Waals surface area contributed by atoms with Gasteiger partial charge in [0.15, 0.2) is 12.4 Å². The van der Waals surface area contributed by atoms with Crippen molar-refractivity contribution in [2.24, 2.45) is 0 Å². The van der Waals surface area contributed by atoms with E-state index in [1.807, 2.05) is 0 Å². The second kappa shape index (κ2) is 5.97. The molecule has 1 amide bonds. The molecule has 7 nitrogen and oxygen atoms in total. The molecule has 18 heavy (non-hydrogen) atoms. The Morgan fingerprint density at radius 2 is 2.17 bits per heavy atom. The van der Waals surface area contributed by atoms with Gasteiger partial charge in [0.2, 0.25) is 0 Å². The van der Waals surface area contributed by atoms with Gasteiger partial charge in [-0.1, -0.05) is 6.07 Å². The van der Waals surface area contributed by atoms with E-state index in [1.165, 1.54) is 23.1 Å². The Hall–Kier alpha value is -2.15. The van der Waals surface area contributed by atoms with Crippen molar-refractivity contribution in [3.05, 3.63) is 33.9 Å². The van der Waals surface area contributed by atoms with Gasteiger partial charge in [0.05, 0.1) is 11.5 Å². The molecule has 0 aliphatic rings. The highest BCUT2D eigenvalue weighted by Gasteiger charge is 2.17. The van der Waals surface area contributed by atoms with E-state index in [4.69, 9.17) is 9.84 Å². The maximum atomic E-state index is 11.3. The average Bonchev–Trinajstić information content (AvgIpc) is 2.35. The molecule has 0 heterocycles. The third kappa shape index (κ3) is 3.42. The normalized spacial score (nSPS) is 9.94. The van der Waals surface area contributed by atoms with Crippen LogP contribution in [0, 0.1) is 10.1 Å². The molecule has 7 heteroatoms. The zero-order valence-corrected chi connectivity index (χ0v) is 10.1. The summed E-state index contributed by atoms with van der Waals surface area (Å²) in [5, 5.41) is 19.7. The van der Waals surface area contributed by atoms with E-state index >= 15 is 0 Å². The molecule has 0 aromatic heterocycles. The van der Waals surface area contributed by atoms with Crippen molar-refractivity contribution in [2.45, 2.75) is 6.61 Å². The Bertz CT molecular complexity index is 459. The van der Waals surface area contributed by atoms with Gasteiger partial charge >= 0.3 is 5.69 Å². The zero-order chi connectivity index (χ0) is 13.7. The lowest BCUT2D eigenvalue weighted by atomic mass is 10.2. The van der Waals surface area contributed by atoms with Crippen molar-refractivity contribution in [2.75, 3.05) is 20.7 Å². The van der Waals surface area contributed by atoms with E-state index in [0.717, 1.165) is 0 Å². The fraction of sp³-hybridized carbons (Fsp3) is 0.364. The lowest BCUT2D eigenvalue weighted by molar-refractivity contribution is -0.385. The molecule has 0 radical (unpaired) electrons. The molecule has 1 rings (SSSR count). The number of nitrogens with zero attached hydrogens (tertiary/aromatic N) is 2. The summed E-state index contributed by atoms with van der Waals surface area (Å²) in [5.74, 6) is -0.289. The summed E-state index contributed by atoms with van der Waals surface area (Å²) in [6.45, 7) is -0.565. The van der Waals surface area contributed by atoms with Crippen LogP contribution in [0.4, 0.5) is 5.69 Å². The Labute approximate surface area is 104 Å². The number of nitro benzene ring substituents is 1. The van der Waals surface area contributed by atoms with E-state index in [2.05, 4.69) is 0 Å². The molecule has 0 saturated carbocycles. The number of ether oxygens (including phenoxy) is 1. The second-order valence-electron chi connectivity index (χ2n) is 3.79. The van der Waals surface area contributed by atoms with Gasteiger partial charge in [0.1, 0.15) is 0 Å². The first-order valence-corrected chi connectivity index (χ1v) is 5.17. The first kappa shape index (κ1) is 13.9. The number of likely N-dealkylation sites (N-methyl/N-ethyl adjacent to an activating group) is 1. The molecule has 0 atom stereocenters. The van der Waals surface area contributed by atoms with Gasteiger partial charge in [-0.05, 0) is 11.6 Å². The molecule has 1 aromatic carbocycles. The van der Waals surface area contributed by atoms with E-state index in [-0.39, 0.29) is 30.6 Å². The van der Waals surface area contributed by atoms with Crippen LogP contribution in [0.5, 0.6) is 5.75 Å². The molecule has 0 spiro atoms. The number of rotatable bonds is 5. The molecule has 0 unspecified atom stereocenters. The molecule has 0 aliphatic heterocycles. The summed E-state index contributed by atoms with van der Waals surface area (Å²) in [6.07, 6.45) is 0. The summed E-state index contributed by atoms with van der Waals surface area (Å²) >= 11 is 0. The molecule has 1 N–H and O–H groups in total. The number of hydrogen-bond donors (Lipinski definition) is 1. The minimum absolute atomic E-state index is 0.00685. The Morgan fingerprint density at radius 3 is 2.67 bits per heavy atom. The van der Waals surface area contributed by atoms with Crippen LogP contribution < -0.4 is 4.74 Å². The third-order valence-corrected chi connectivity index (χ3v) is 2.25. The monoisotopic (exact) mass is 254 g/mol. The van der Waals surface area contributed by atoms with Crippen LogP contribution in [0.1, 0.15) is 5.56 Å². The number of amides is 1. The highest BCUT2D eigenvalue weighted by atomic mass is 16.6. The van der Waals surface area contributed by atoms with Crippen LogP contribution in [0.3, 0.4) is 0 Å². The summed E-state index contributed by atoms with van der Waals surface area (Å²) in [5.41, 5.74) is 0.140. The second-order valence-corrected chi connectivity index (χ2v) is 3.79. The topological polar surface area (TPSA) is 92.9 Å². The summed E-state index contributed by atoms with van der Waals surface area (Å²) < 4.78 is 5.11. The third-order valence-electron chi connectivity index (χ3n) is 2.25. The first-order valence-electron chi connectivity index (χ1n) is 5.17. The predicted molar refractivity (Wildman–Crippen MR) is 63.2 cm³/mol. The van der Waals surface area contributed by atoms with Crippen molar-refractivity contribution in [3.8, 4) is 5.75 Å². The predicted octanol–water partition coefficient (Wildman–Crippen LogP) is 0.554. The number of nitro groups is 1. The largest absolute Gasteiger partial charge is 0.477 e. The van der Waals surface area contributed by atoms with Crippen LogP contribution in [-0.2, 0) is 11.4 Å². The van der Waals surface area contributed by atoms with Crippen LogP contribution in [0.2, 0.25) is 0 Å². The van der Waals surface area contributed by atoms with Gasteiger partial charge in [0.25, 0.3) is 5.91 Å². The fourth-order valence-corrected chi connectivity index (χ4v) is 1.19. The molecule has 0 aliphatic carbocycles. The molecule has 0 bridgehead atoms. The highest BCUT2D eigenvalue weighted by molar-refractivity contribution is 5.77. The lowest BCUT2D eigenvalue weighted by Gasteiger charge is -2.11. The first-order chi connectivity index (χ1) is 8.45. The van der Waals surface area contributed by atoms with Gasteiger partial charge < -0.3 is 14.7 Å². The zero-order valence-electron chi connectivity index (χ0n) is 10.1. The van der Waals surface area contributed by atoms with E-state index in [1.54, 1.807) is 14.1 Å². The molecular formula is C11H14N2O5. The minimum Gasteiger partial charge on any atom is -0.477 e. The maximum absolute atomic E-state index is 11.3. The van der Waals surface area contributed by atoms with E-state index in [0.29, 0.717) is 5.56 Å². The Kier molecular flexibility index (Phi) is 4.61. The van der Waals surface area contributed by atoms with Crippen LogP contribution in [-0.4, -0.2) is 41.5 Å². The van der Waals surface area contributed by atoms with Gasteiger partial charge in [-0.25, -0.2) is 0 Å². The summed E-state index contributed by atoms with van der Waals surface area (Å²) in [6, 6.07) is 4.09. The summed E-state index contributed by atoms with van der Waals surface area (Å²) in [7, 11) is 3.13. The Balaban J connectivity index is 2.88. The van der Waals surface area contributed by atoms with Crippen molar-refractivity contribution >= 4 is 11.6 Å². The minimum atomic E-state index is -0.616. The van der Waals surface area contributed by atoms with E-state index < -0.39 is 4.92 Å². The molecule has 0 fully saturated rings. The van der Waals surface area contributed by atoms with Gasteiger partial charge in [0, 0.05) is 20.2 Å². The molecule has 0 saturated heterocycles. The number of carbonyl (C=O) groups is 1. The molecule has 1 aromatic rings. The number of benzene rings is 1. The Morgan fingerprint density at radius 1 is 1.50 bits per heavy atom. The van der Waals surface area contributed by atoms with Crippen LogP contribution in [0.25, 0.3) is 0 Å². The van der Waals surface area contributed by atoms with Gasteiger partial charge in [-0.15, -0.1) is 0 Å². The van der Waals surface area contributed by atoms with Gasteiger partial charge in [-0.2, -0.15) is 0 Å². The lowest BCUT2D eigenvalue weighted by Crippen LogP contribution is -2.27. The summed E-state index contributed by atoms with van der Waals surface area (Å²) in [4.78, 5) is 22.8. The van der Waals surface area contributed by atoms with Gasteiger partial charge in [-0.3, -0.25) is 14.9 Å². The van der Waals surface area contributed by atoms with Crippen molar-refractivity contribution in [1.82, 2.24) is 4.90 Å². The smallest absolute Gasteiger partial charge is 0.311 e. The molecular weight excluding hydrogens is 240 g/mol. The quantitative estimate of drug-likeness (QED) is 0.612. The van der Waals surface area contributed by atoms with Crippen molar-refractivity contribution in [3.63, 3.8) is 0 Å². The molecule has 98 valence electrons. The SMILES string of the molecule is CN(C)C(=O)COc1ccc(CO)cc1[N+](=O)[O-]. The standard InChI is InChI=1S/C11H14N2O5/c1-12(2)11(15)7-18-10-4-3-8(6-14)5-9(10)13(16)17/h3-5,14H,6-7H2,1-2H3. The fourth-order valence-electron chi connectivity index (χ4n) is 1.19. The maximum Gasteiger partial charge on any atom is 0.311 e.